The quantitative estimate of drug-likeness (QED) is 0.462. The molecule has 2 aromatic rings. The van der Waals surface area contributed by atoms with Crippen molar-refractivity contribution in [1.82, 2.24) is 20.4 Å². The van der Waals surface area contributed by atoms with Crippen LogP contribution in [-0.4, -0.2) is 85.5 Å². The van der Waals surface area contributed by atoms with E-state index in [0.717, 1.165) is 55.3 Å². The predicted octanol–water partition coefficient (Wildman–Crippen LogP) is 1.06. The highest BCUT2D eigenvalue weighted by Crippen LogP contribution is 2.25. The van der Waals surface area contributed by atoms with Gasteiger partial charge in [0, 0.05) is 44.7 Å². The predicted molar refractivity (Wildman–Crippen MR) is 142 cm³/mol. The maximum atomic E-state index is 13.1. The van der Waals surface area contributed by atoms with E-state index in [1.807, 2.05) is 36.4 Å². The first-order chi connectivity index (χ1) is 19.0. The van der Waals surface area contributed by atoms with Crippen LogP contribution in [0, 0.1) is 0 Å². The zero-order valence-corrected chi connectivity index (χ0v) is 21.9. The smallest absolute Gasteiger partial charge is 0.254 e. The van der Waals surface area contributed by atoms with E-state index in [1.165, 1.54) is 0 Å². The van der Waals surface area contributed by atoms with Crippen molar-refractivity contribution < 1.29 is 28.7 Å². The second-order valence-corrected chi connectivity index (χ2v) is 10.1. The molecule has 0 radical (unpaired) electrons. The lowest BCUT2D eigenvalue weighted by molar-refractivity contribution is -0.137. The number of carbonyl (C=O) groups is 4. The molecule has 3 aliphatic heterocycles. The van der Waals surface area contributed by atoms with E-state index in [9.17, 15) is 19.2 Å². The van der Waals surface area contributed by atoms with Gasteiger partial charge in [-0.3, -0.25) is 29.4 Å². The van der Waals surface area contributed by atoms with Crippen LogP contribution < -0.4 is 15.4 Å². The number of morpholine rings is 1. The van der Waals surface area contributed by atoms with Gasteiger partial charge in [0.05, 0.1) is 19.6 Å². The Labute approximate surface area is 227 Å². The number of carbonyl (C=O) groups excluding carboxylic acids is 4. The van der Waals surface area contributed by atoms with Crippen molar-refractivity contribution >= 4 is 23.6 Å². The van der Waals surface area contributed by atoms with Gasteiger partial charge in [0.1, 0.15) is 18.4 Å². The Balaban J connectivity index is 1.10. The zero-order chi connectivity index (χ0) is 27.2. The minimum absolute atomic E-state index is 0.0988. The molecule has 0 aromatic heterocycles. The molecular weight excluding hydrogens is 500 g/mol. The largest absolute Gasteiger partial charge is 0.492 e. The molecule has 2 saturated heterocycles. The van der Waals surface area contributed by atoms with Crippen LogP contribution in [-0.2, 0) is 38.5 Å². The van der Waals surface area contributed by atoms with Gasteiger partial charge in [-0.05, 0) is 47.7 Å². The molecule has 206 valence electrons. The lowest BCUT2D eigenvalue weighted by atomic mass is 9.93. The lowest BCUT2D eigenvalue weighted by Gasteiger charge is -2.36. The summed E-state index contributed by atoms with van der Waals surface area (Å²) in [4.78, 5) is 53.3. The van der Waals surface area contributed by atoms with Crippen LogP contribution in [0.15, 0.2) is 42.5 Å². The van der Waals surface area contributed by atoms with E-state index < -0.39 is 11.9 Å². The molecule has 0 saturated carbocycles. The Bertz CT molecular complexity index is 1240. The third-order valence-corrected chi connectivity index (χ3v) is 7.40. The SMILES string of the molecule is O=C(Cc1cccc(OCCN2CCOCC2)c1)NCc1ccc2c(c1)CCN(C1CCC(=O)NC1=O)C2=O. The second kappa shape index (κ2) is 12.4. The van der Waals surface area contributed by atoms with Crippen LogP contribution in [0.3, 0.4) is 0 Å². The second-order valence-electron chi connectivity index (χ2n) is 10.1. The maximum Gasteiger partial charge on any atom is 0.254 e. The monoisotopic (exact) mass is 534 g/mol. The molecule has 0 aliphatic carbocycles. The molecule has 0 spiro atoms. The van der Waals surface area contributed by atoms with Crippen molar-refractivity contribution in [1.29, 1.82) is 0 Å². The molecule has 10 heteroatoms. The van der Waals surface area contributed by atoms with Gasteiger partial charge < -0.3 is 19.7 Å². The van der Waals surface area contributed by atoms with Crippen LogP contribution in [0.1, 0.15) is 39.9 Å². The van der Waals surface area contributed by atoms with E-state index in [0.29, 0.717) is 38.1 Å². The number of fused-ring (bicyclic) bond motifs is 1. The van der Waals surface area contributed by atoms with Crippen molar-refractivity contribution in [2.24, 2.45) is 0 Å². The normalized spacial score (nSPS) is 19.8. The summed E-state index contributed by atoms with van der Waals surface area (Å²) in [6.45, 7) is 5.56. The van der Waals surface area contributed by atoms with E-state index in [2.05, 4.69) is 15.5 Å². The number of hydrogen-bond donors (Lipinski definition) is 2. The van der Waals surface area contributed by atoms with Crippen molar-refractivity contribution in [3.05, 3.63) is 64.7 Å². The highest BCUT2D eigenvalue weighted by molar-refractivity contribution is 6.04. The summed E-state index contributed by atoms with van der Waals surface area (Å²) in [6, 6.07) is 12.5. The highest BCUT2D eigenvalue weighted by atomic mass is 16.5. The Kier molecular flexibility index (Phi) is 8.53. The number of nitrogens with zero attached hydrogens (tertiary/aromatic N) is 2. The summed E-state index contributed by atoms with van der Waals surface area (Å²) in [5.74, 6) is -0.258. The average Bonchev–Trinajstić information content (AvgIpc) is 2.93. The minimum atomic E-state index is -0.615. The Morgan fingerprint density at radius 3 is 2.69 bits per heavy atom. The number of benzene rings is 2. The van der Waals surface area contributed by atoms with Crippen molar-refractivity contribution in [2.45, 2.75) is 38.3 Å². The summed E-state index contributed by atoms with van der Waals surface area (Å²) in [5.41, 5.74) is 3.24. The van der Waals surface area contributed by atoms with Crippen molar-refractivity contribution in [3.8, 4) is 5.75 Å². The fourth-order valence-electron chi connectivity index (χ4n) is 5.26. The maximum absolute atomic E-state index is 13.1. The molecule has 1 atom stereocenters. The third-order valence-electron chi connectivity index (χ3n) is 7.40. The molecule has 0 bridgehead atoms. The zero-order valence-electron chi connectivity index (χ0n) is 21.9. The Hall–Kier alpha value is -3.76. The van der Waals surface area contributed by atoms with Gasteiger partial charge >= 0.3 is 0 Å². The van der Waals surface area contributed by atoms with Gasteiger partial charge in [-0.25, -0.2) is 0 Å². The number of nitrogens with one attached hydrogen (secondary N) is 2. The first-order valence-electron chi connectivity index (χ1n) is 13.5. The van der Waals surface area contributed by atoms with Gasteiger partial charge in [0.15, 0.2) is 0 Å². The van der Waals surface area contributed by atoms with E-state index in [-0.39, 0.29) is 30.6 Å². The number of imide groups is 1. The molecule has 2 aromatic carbocycles. The summed E-state index contributed by atoms with van der Waals surface area (Å²) in [5, 5.41) is 5.29. The standard InChI is InChI=1S/C29H34N4O6/c34-26-7-6-25(28(36)31-26)33-9-8-22-16-21(4-5-24(22)29(33)37)19-30-27(35)18-20-2-1-3-23(17-20)39-15-12-32-10-13-38-14-11-32/h1-5,16-17,25H,6-15,18-19H2,(H,30,35)(H,31,34,36). The number of ether oxygens (including phenoxy) is 2. The average molecular weight is 535 g/mol. The molecular formula is C29H34N4O6. The minimum Gasteiger partial charge on any atom is -0.492 e. The molecule has 3 heterocycles. The van der Waals surface area contributed by atoms with Crippen molar-refractivity contribution in [2.75, 3.05) is 46.0 Å². The molecule has 2 fully saturated rings. The molecule has 10 nitrogen and oxygen atoms in total. The van der Waals surface area contributed by atoms with Gasteiger partial charge in [-0.1, -0.05) is 24.3 Å². The van der Waals surface area contributed by atoms with Crippen LogP contribution in [0.2, 0.25) is 0 Å². The number of piperidine rings is 1. The van der Waals surface area contributed by atoms with Crippen LogP contribution in [0.5, 0.6) is 5.75 Å². The van der Waals surface area contributed by atoms with Crippen LogP contribution in [0.25, 0.3) is 0 Å². The first kappa shape index (κ1) is 26.8. The first-order valence-corrected chi connectivity index (χ1v) is 13.5. The van der Waals surface area contributed by atoms with Crippen LogP contribution >= 0.6 is 0 Å². The Morgan fingerprint density at radius 1 is 1.03 bits per heavy atom. The van der Waals surface area contributed by atoms with E-state index in [1.54, 1.807) is 11.0 Å². The molecule has 39 heavy (non-hydrogen) atoms. The lowest BCUT2D eigenvalue weighted by Crippen LogP contribution is -2.55. The van der Waals surface area contributed by atoms with Gasteiger partial charge in [-0.2, -0.15) is 0 Å². The van der Waals surface area contributed by atoms with Gasteiger partial charge in [0.2, 0.25) is 17.7 Å². The number of rotatable bonds is 9. The summed E-state index contributed by atoms with van der Waals surface area (Å²) >= 11 is 0. The Morgan fingerprint density at radius 2 is 1.87 bits per heavy atom. The van der Waals surface area contributed by atoms with Gasteiger partial charge in [-0.15, -0.1) is 0 Å². The molecule has 4 amide bonds. The summed E-state index contributed by atoms with van der Waals surface area (Å²) in [6.07, 6.45) is 1.43. The fourth-order valence-corrected chi connectivity index (χ4v) is 5.26. The third kappa shape index (κ3) is 6.82. The molecule has 3 aliphatic rings. The van der Waals surface area contributed by atoms with Crippen LogP contribution in [0.4, 0.5) is 0 Å². The summed E-state index contributed by atoms with van der Waals surface area (Å²) in [7, 11) is 0. The van der Waals surface area contributed by atoms with Crippen molar-refractivity contribution in [3.63, 3.8) is 0 Å². The van der Waals surface area contributed by atoms with E-state index in [4.69, 9.17) is 9.47 Å². The van der Waals surface area contributed by atoms with E-state index >= 15 is 0 Å². The fraction of sp³-hybridized carbons (Fsp3) is 0.448. The topological polar surface area (TPSA) is 117 Å². The number of amides is 4. The molecule has 2 N–H and O–H groups in total. The van der Waals surface area contributed by atoms with Gasteiger partial charge in [0.25, 0.3) is 5.91 Å². The number of hydrogen-bond acceptors (Lipinski definition) is 7. The molecule has 1 unspecified atom stereocenters. The highest BCUT2D eigenvalue weighted by Gasteiger charge is 2.37. The molecule has 5 rings (SSSR count). The summed E-state index contributed by atoms with van der Waals surface area (Å²) < 4.78 is 11.3.